The second-order valence-corrected chi connectivity index (χ2v) is 8.60. The largest absolute Gasteiger partial charge is 0.493 e. The predicted molar refractivity (Wildman–Crippen MR) is 121 cm³/mol. The number of Topliss-reactive ketones (excluding diaryl/α,β-unsaturated/α-hetero) is 1. The number of ether oxygens (including phenoxy) is 4. The fourth-order valence-electron chi connectivity index (χ4n) is 4.59. The van der Waals surface area contributed by atoms with Crippen LogP contribution in [0.15, 0.2) is 40.7 Å². The molecular formula is C25H31NO7. The molecule has 1 aromatic rings. The quantitative estimate of drug-likeness (QED) is 0.513. The summed E-state index contributed by atoms with van der Waals surface area (Å²) in [5.41, 5.74) is 2.66. The van der Waals surface area contributed by atoms with Crippen LogP contribution in [0.5, 0.6) is 11.5 Å². The number of benzene rings is 1. The van der Waals surface area contributed by atoms with Crippen LogP contribution in [0.4, 0.5) is 0 Å². The highest BCUT2D eigenvalue weighted by atomic mass is 16.5. The second kappa shape index (κ2) is 9.68. The summed E-state index contributed by atoms with van der Waals surface area (Å²) in [6, 6.07) is 5.26. The van der Waals surface area contributed by atoms with Crippen molar-refractivity contribution in [2.45, 2.75) is 46.1 Å². The van der Waals surface area contributed by atoms with Gasteiger partial charge in [0.1, 0.15) is 5.92 Å². The van der Waals surface area contributed by atoms with Gasteiger partial charge in [-0.25, -0.2) is 4.79 Å². The average molecular weight is 458 g/mol. The fraction of sp³-hybridized carbons (Fsp3) is 0.480. The third-order valence-corrected chi connectivity index (χ3v) is 6.05. The summed E-state index contributed by atoms with van der Waals surface area (Å²) >= 11 is 0. The van der Waals surface area contributed by atoms with Gasteiger partial charge in [0.2, 0.25) is 0 Å². The third-order valence-electron chi connectivity index (χ3n) is 6.05. The Morgan fingerprint density at radius 1 is 1.09 bits per heavy atom. The van der Waals surface area contributed by atoms with E-state index in [1.54, 1.807) is 39.0 Å². The Labute approximate surface area is 193 Å². The van der Waals surface area contributed by atoms with Gasteiger partial charge in [-0.15, -0.1) is 0 Å². The van der Waals surface area contributed by atoms with E-state index in [1.807, 2.05) is 6.92 Å². The molecule has 0 saturated carbocycles. The Morgan fingerprint density at radius 3 is 2.33 bits per heavy atom. The monoisotopic (exact) mass is 457 g/mol. The molecule has 1 aliphatic carbocycles. The highest BCUT2D eigenvalue weighted by Crippen LogP contribution is 2.46. The lowest BCUT2D eigenvalue weighted by molar-refractivity contribution is -0.151. The molecule has 1 aliphatic heterocycles. The molecule has 0 fully saturated rings. The van der Waals surface area contributed by atoms with Gasteiger partial charge in [-0.1, -0.05) is 13.0 Å². The van der Waals surface area contributed by atoms with Crippen molar-refractivity contribution in [2.75, 3.05) is 21.3 Å². The first kappa shape index (κ1) is 24.4. The maximum atomic E-state index is 13.7. The predicted octanol–water partition coefficient (Wildman–Crippen LogP) is 3.27. The highest BCUT2D eigenvalue weighted by Gasteiger charge is 2.47. The lowest BCUT2D eigenvalue weighted by atomic mass is 9.69. The molecule has 3 rings (SSSR count). The van der Waals surface area contributed by atoms with E-state index in [1.165, 1.54) is 21.3 Å². The number of carbonyl (C=O) groups is 3. The Balaban J connectivity index is 2.23. The molecule has 0 bridgehead atoms. The summed E-state index contributed by atoms with van der Waals surface area (Å²) in [7, 11) is 4.32. The van der Waals surface area contributed by atoms with E-state index in [-0.39, 0.29) is 17.8 Å². The van der Waals surface area contributed by atoms with Crippen molar-refractivity contribution in [2.24, 2.45) is 11.8 Å². The molecule has 0 saturated heterocycles. The maximum Gasteiger partial charge on any atom is 0.337 e. The lowest BCUT2D eigenvalue weighted by Gasteiger charge is -2.38. The van der Waals surface area contributed by atoms with Crippen LogP contribution in [0, 0.1) is 11.8 Å². The molecule has 178 valence electrons. The average Bonchev–Trinajstić information content (AvgIpc) is 2.76. The van der Waals surface area contributed by atoms with Crippen LogP contribution >= 0.6 is 0 Å². The van der Waals surface area contributed by atoms with Crippen molar-refractivity contribution in [3.05, 3.63) is 46.3 Å². The number of esters is 2. The molecule has 0 amide bonds. The topological polar surface area (TPSA) is 100 Å². The summed E-state index contributed by atoms with van der Waals surface area (Å²) < 4.78 is 21.3. The zero-order valence-electron chi connectivity index (χ0n) is 20.1. The van der Waals surface area contributed by atoms with Crippen molar-refractivity contribution in [3.63, 3.8) is 0 Å². The Kier molecular flexibility index (Phi) is 7.15. The number of nitrogens with one attached hydrogen (secondary N) is 1. The van der Waals surface area contributed by atoms with Gasteiger partial charge in [0, 0.05) is 22.9 Å². The van der Waals surface area contributed by atoms with E-state index in [2.05, 4.69) is 5.32 Å². The molecule has 3 atom stereocenters. The minimum Gasteiger partial charge on any atom is -0.493 e. The first-order valence-electron chi connectivity index (χ1n) is 10.9. The van der Waals surface area contributed by atoms with Gasteiger partial charge in [-0.05, 0) is 50.8 Å². The van der Waals surface area contributed by atoms with Crippen LogP contribution < -0.4 is 14.8 Å². The van der Waals surface area contributed by atoms with E-state index in [0.717, 1.165) is 0 Å². The third kappa shape index (κ3) is 4.47. The molecule has 1 heterocycles. The van der Waals surface area contributed by atoms with Crippen LogP contribution in [0.3, 0.4) is 0 Å². The number of methoxy groups -OCH3 is 3. The van der Waals surface area contributed by atoms with Gasteiger partial charge in [-0.2, -0.15) is 0 Å². The van der Waals surface area contributed by atoms with Crippen molar-refractivity contribution in [1.82, 2.24) is 5.32 Å². The summed E-state index contributed by atoms with van der Waals surface area (Å²) in [6.07, 6.45) is 0.123. The second-order valence-electron chi connectivity index (χ2n) is 8.60. The van der Waals surface area contributed by atoms with Gasteiger partial charge in [0.25, 0.3) is 0 Å². The summed E-state index contributed by atoms with van der Waals surface area (Å²) in [6.45, 7) is 7.16. The van der Waals surface area contributed by atoms with E-state index < -0.39 is 23.8 Å². The van der Waals surface area contributed by atoms with Gasteiger partial charge in [0.05, 0.1) is 33.0 Å². The van der Waals surface area contributed by atoms with E-state index >= 15 is 0 Å². The van der Waals surface area contributed by atoms with Crippen molar-refractivity contribution < 1.29 is 33.3 Å². The molecule has 3 unspecified atom stereocenters. The SMILES string of the molecule is COC(=O)C1C(=O)C2=C(CC1C)NC(C)=C(C(=O)OC(C)C)C2c1ccc(OC)c(OC)c1. The Bertz CT molecular complexity index is 1040. The number of rotatable bonds is 6. The van der Waals surface area contributed by atoms with Crippen LogP contribution in [0.1, 0.15) is 45.6 Å². The Morgan fingerprint density at radius 2 is 1.76 bits per heavy atom. The molecular weight excluding hydrogens is 426 g/mol. The number of hydrogen-bond donors (Lipinski definition) is 1. The molecule has 8 nitrogen and oxygen atoms in total. The van der Waals surface area contributed by atoms with Crippen LogP contribution in [0.25, 0.3) is 0 Å². The van der Waals surface area contributed by atoms with Crippen LogP contribution in [0.2, 0.25) is 0 Å². The number of dihydropyridines is 1. The molecule has 0 spiro atoms. The van der Waals surface area contributed by atoms with Crippen molar-refractivity contribution in [3.8, 4) is 11.5 Å². The molecule has 1 aromatic carbocycles. The van der Waals surface area contributed by atoms with Gasteiger partial charge < -0.3 is 24.3 Å². The maximum absolute atomic E-state index is 13.7. The van der Waals surface area contributed by atoms with E-state index in [9.17, 15) is 14.4 Å². The van der Waals surface area contributed by atoms with E-state index in [0.29, 0.717) is 46.0 Å². The highest BCUT2D eigenvalue weighted by molar-refractivity contribution is 6.12. The Hall–Kier alpha value is -3.29. The fourth-order valence-corrected chi connectivity index (χ4v) is 4.59. The van der Waals surface area contributed by atoms with Crippen LogP contribution in [-0.4, -0.2) is 45.2 Å². The minimum absolute atomic E-state index is 0.251. The minimum atomic E-state index is -0.945. The lowest BCUT2D eigenvalue weighted by Crippen LogP contribution is -2.43. The number of allylic oxidation sites excluding steroid dienone is 3. The molecule has 8 heteroatoms. The summed E-state index contributed by atoms with van der Waals surface area (Å²) in [5, 5.41) is 3.24. The smallest absolute Gasteiger partial charge is 0.337 e. The zero-order valence-corrected chi connectivity index (χ0v) is 20.1. The van der Waals surface area contributed by atoms with E-state index in [4.69, 9.17) is 18.9 Å². The number of ketones is 1. The van der Waals surface area contributed by atoms with Gasteiger partial charge in [-0.3, -0.25) is 9.59 Å². The van der Waals surface area contributed by atoms with Gasteiger partial charge >= 0.3 is 11.9 Å². The van der Waals surface area contributed by atoms with Crippen molar-refractivity contribution in [1.29, 1.82) is 0 Å². The molecule has 2 aliphatic rings. The number of carbonyl (C=O) groups excluding carboxylic acids is 3. The standard InChI is InChI=1S/C25H31NO7/c1-12(2)33-25(29)20-14(4)26-16-10-13(3)19(24(28)32-7)23(27)22(16)21(20)15-8-9-17(30-5)18(11-15)31-6/h8-9,11-13,19,21,26H,10H2,1-7H3. The normalized spacial score (nSPS) is 22.5. The first-order valence-corrected chi connectivity index (χ1v) is 10.9. The molecule has 33 heavy (non-hydrogen) atoms. The zero-order chi connectivity index (χ0) is 24.4. The molecule has 0 radical (unpaired) electrons. The van der Waals surface area contributed by atoms with Crippen molar-refractivity contribution >= 4 is 17.7 Å². The molecule has 1 N–H and O–H groups in total. The summed E-state index contributed by atoms with van der Waals surface area (Å²) in [4.78, 5) is 39.4. The molecule has 0 aromatic heterocycles. The van der Waals surface area contributed by atoms with Gasteiger partial charge in [0.15, 0.2) is 17.3 Å². The first-order chi connectivity index (χ1) is 15.6. The van der Waals surface area contributed by atoms with Crippen LogP contribution in [-0.2, 0) is 23.9 Å². The number of hydrogen-bond acceptors (Lipinski definition) is 8. The summed E-state index contributed by atoms with van der Waals surface area (Å²) in [5.74, 6) is -2.41.